The number of halogens is 1. The number of rotatable bonds is 3. The number of hydrogen-bond acceptors (Lipinski definition) is 4. The summed E-state index contributed by atoms with van der Waals surface area (Å²) < 4.78 is 0. The van der Waals surface area contributed by atoms with Gasteiger partial charge in [0.2, 0.25) is 0 Å². The van der Waals surface area contributed by atoms with Gasteiger partial charge in [0.05, 0.1) is 10.8 Å². The van der Waals surface area contributed by atoms with Gasteiger partial charge in [0.1, 0.15) is 5.02 Å². The minimum Gasteiger partial charge on any atom is -0.481 e. The van der Waals surface area contributed by atoms with Gasteiger partial charge < -0.3 is 10.0 Å². The Labute approximate surface area is 125 Å². The first-order valence-electron chi connectivity index (χ1n) is 6.36. The lowest BCUT2D eigenvalue weighted by atomic mass is 9.96. The number of nitro groups is 1. The monoisotopic (exact) mass is 312 g/mol. The van der Waals surface area contributed by atoms with Gasteiger partial charge in [0, 0.05) is 24.7 Å². The van der Waals surface area contributed by atoms with Crippen LogP contribution in [0.2, 0.25) is 5.02 Å². The van der Waals surface area contributed by atoms with Gasteiger partial charge in [-0.15, -0.1) is 0 Å². The Bertz CT molecular complexity index is 596. The standard InChI is InChI=1S/C13H13ClN2O5/c14-10-7-9(1-2-11(10)16(20)21)12(17)15-5-3-8(4-6-15)13(18)19/h1-2,7-8H,3-6H2,(H,18,19). The molecule has 2 rings (SSSR count). The molecule has 0 unspecified atom stereocenters. The second-order valence-electron chi connectivity index (χ2n) is 4.83. The number of carbonyl (C=O) groups is 2. The van der Waals surface area contributed by atoms with E-state index in [2.05, 4.69) is 0 Å². The van der Waals surface area contributed by atoms with Crippen LogP contribution in [0.15, 0.2) is 18.2 Å². The average molecular weight is 313 g/mol. The van der Waals surface area contributed by atoms with Crippen LogP contribution in [0.4, 0.5) is 5.69 Å². The molecule has 112 valence electrons. The highest BCUT2D eigenvalue weighted by atomic mass is 35.5. The van der Waals surface area contributed by atoms with Gasteiger partial charge in [-0.1, -0.05) is 11.6 Å². The second kappa shape index (κ2) is 6.09. The predicted octanol–water partition coefficient (Wildman–Crippen LogP) is 2.19. The summed E-state index contributed by atoms with van der Waals surface area (Å²) in [7, 11) is 0. The second-order valence-corrected chi connectivity index (χ2v) is 5.24. The molecule has 0 bridgehead atoms. The molecule has 1 saturated heterocycles. The fraction of sp³-hybridized carbons (Fsp3) is 0.385. The normalized spacial score (nSPS) is 15.8. The van der Waals surface area contributed by atoms with Gasteiger partial charge in [-0.25, -0.2) is 0 Å². The van der Waals surface area contributed by atoms with Crippen molar-refractivity contribution < 1.29 is 19.6 Å². The van der Waals surface area contributed by atoms with E-state index in [0.717, 1.165) is 0 Å². The van der Waals surface area contributed by atoms with E-state index in [4.69, 9.17) is 16.7 Å². The highest BCUT2D eigenvalue weighted by Gasteiger charge is 2.28. The summed E-state index contributed by atoms with van der Waals surface area (Å²) in [6.07, 6.45) is 0.809. The SMILES string of the molecule is O=C(O)C1CCN(C(=O)c2ccc([N+](=O)[O-])c(Cl)c2)CC1. The van der Waals surface area contributed by atoms with Crippen molar-refractivity contribution in [3.05, 3.63) is 38.9 Å². The van der Waals surface area contributed by atoms with Gasteiger partial charge in [-0.05, 0) is 25.0 Å². The Morgan fingerprint density at radius 3 is 2.43 bits per heavy atom. The first-order chi connectivity index (χ1) is 9.90. The van der Waals surface area contributed by atoms with Crippen LogP contribution in [0, 0.1) is 16.0 Å². The zero-order valence-corrected chi connectivity index (χ0v) is 11.7. The average Bonchev–Trinajstić information content (AvgIpc) is 2.46. The van der Waals surface area contributed by atoms with E-state index >= 15 is 0 Å². The molecule has 0 radical (unpaired) electrons. The molecule has 1 amide bonds. The number of hydrogen-bond donors (Lipinski definition) is 1. The molecule has 7 nitrogen and oxygen atoms in total. The van der Waals surface area contributed by atoms with E-state index in [1.807, 2.05) is 0 Å². The van der Waals surface area contributed by atoms with Crippen molar-refractivity contribution in [1.29, 1.82) is 0 Å². The van der Waals surface area contributed by atoms with Crippen LogP contribution in [-0.2, 0) is 4.79 Å². The third kappa shape index (κ3) is 3.30. The number of nitrogens with zero attached hydrogens (tertiary/aromatic N) is 2. The Kier molecular flexibility index (Phi) is 4.42. The maximum Gasteiger partial charge on any atom is 0.306 e. The molecule has 1 aromatic carbocycles. The van der Waals surface area contributed by atoms with Crippen LogP contribution in [0.5, 0.6) is 0 Å². The lowest BCUT2D eigenvalue weighted by Gasteiger charge is -2.30. The molecular weight excluding hydrogens is 300 g/mol. The van der Waals surface area contributed by atoms with Gasteiger partial charge in [-0.3, -0.25) is 19.7 Å². The molecule has 0 saturated carbocycles. The third-order valence-corrected chi connectivity index (χ3v) is 3.83. The summed E-state index contributed by atoms with van der Waals surface area (Å²) in [5, 5.41) is 19.5. The Balaban J connectivity index is 2.09. The summed E-state index contributed by atoms with van der Waals surface area (Å²) in [6.45, 7) is 0.703. The van der Waals surface area contributed by atoms with Gasteiger partial charge >= 0.3 is 5.97 Å². The highest BCUT2D eigenvalue weighted by Crippen LogP contribution is 2.26. The van der Waals surface area contributed by atoms with Crippen molar-refractivity contribution in [2.75, 3.05) is 13.1 Å². The number of benzene rings is 1. The van der Waals surface area contributed by atoms with Crippen LogP contribution in [-0.4, -0.2) is 39.9 Å². The van der Waals surface area contributed by atoms with E-state index in [1.54, 1.807) is 0 Å². The molecule has 1 aliphatic rings. The van der Waals surface area contributed by atoms with Crippen molar-refractivity contribution in [1.82, 2.24) is 4.90 Å². The Morgan fingerprint density at radius 2 is 1.95 bits per heavy atom. The van der Waals surface area contributed by atoms with Crippen molar-refractivity contribution in [3.63, 3.8) is 0 Å². The van der Waals surface area contributed by atoms with Gasteiger partial charge in [0.15, 0.2) is 0 Å². The summed E-state index contributed by atoms with van der Waals surface area (Å²) in [5.74, 6) is -1.56. The third-order valence-electron chi connectivity index (χ3n) is 3.52. The van der Waals surface area contributed by atoms with E-state index < -0.39 is 16.8 Å². The molecule has 0 aliphatic carbocycles. The molecule has 1 heterocycles. The highest BCUT2D eigenvalue weighted by molar-refractivity contribution is 6.33. The fourth-order valence-corrected chi connectivity index (χ4v) is 2.55. The molecular formula is C13H13ClN2O5. The molecule has 1 aromatic rings. The number of carboxylic acid groups (broad SMARTS) is 1. The van der Waals surface area contributed by atoms with Crippen molar-refractivity contribution >= 4 is 29.2 Å². The molecule has 1 fully saturated rings. The van der Waals surface area contributed by atoms with Gasteiger partial charge in [0.25, 0.3) is 11.6 Å². The minimum atomic E-state index is -0.847. The largest absolute Gasteiger partial charge is 0.481 e. The zero-order valence-electron chi connectivity index (χ0n) is 11.0. The Morgan fingerprint density at radius 1 is 1.33 bits per heavy atom. The number of carboxylic acids is 1. The van der Waals surface area contributed by atoms with Crippen LogP contribution in [0.3, 0.4) is 0 Å². The van der Waals surface area contributed by atoms with Crippen LogP contribution in [0.25, 0.3) is 0 Å². The quantitative estimate of drug-likeness (QED) is 0.681. The van der Waals surface area contributed by atoms with Crippen molar-refractivity contribution in [3.8, 4) is 0 Å². The molecule has 0 spiro atoms. The molecule has 0 aromatic heterocycles. The number of piperidine rings is 1. The first-order valence-corrected chi connectivity index (χ1v) is 6.74. The summed E-state index contributed by atoms with van der Waals surface area (Å²) in [4.78, 5) is 34.7. The lowest BCUT2D eigenvalue weighted by molar-refractivity contribution is -0.384. The number of aliphatic carboxylic acids is 1. The molecule has 1 aliphatic heterocycles. The Hall–Kier alpha value is -2.15. The molecule has 0 atom stereocenters. The fourth-order valence-electron chi connectivity index (χ4n) is 2.30. The summed E-state index contributed by atoms with van der Waals surface area (Å²) >= 11 is 5.78. The number of likely N-dealkylation sites (tertiary alicyclic amines) is 1. The van der Waals surface area contributed by atoms with Crippen molar-refractivity contribution in [2.24, 2.45) is 5.92 Å². The molecule has 1 N–H and O–H groups in total. The smallest absolute Gasteiger partial charge is 0.306 e. The zero-order chi connectivity index (χ0) is 15.6. The number of carbonyl (C=O) groups excluding carboxylic acids is 1. The summed E-state index contributed by atoms with van der Waals surface area (Å²) in [5.41, 5.74) is 0.0113. The lowest BCUT2D eigenvalue weighted by Crippen LogP contribution is -2.40. The maximum atomic E-state index is 12.3. The first kappa shape index (κ1) is 15.2. The predicted molar refractivity (Wildman–Crippen MR) is 74.4 cm³/mol. The van der Waals surface area contributed by atoms with E-state index in [1.165, 1.54) is 23.1 Å². The van der Waals surface area contributed by atoms with E-state index in [0.29, 0.717) is 25.9 Å². The van der Waals surface area contributed by atoms with Crippen molar-refractivity contribution in [2.45, 2.75) is 12.8 Å². The van der Waals surface area contributed by atoms with Crippen LogP contribution >= 0.6 is 11.6 Å². The molecule has 21 heavy (non-hydrogen) atoms. The maximum absolute atomic E-state index is 12.3. The van der Waals surface area contributed by atoms with E-state index in [9.17, 15) is 19.7 Å². The minimum absolute atomic E-state index is 0.0914. The molecule has 8 heteroatoms. The number of amides is 1. The van der Waals surface area contributed by atoms with Crippen LogP contribution < -0.4 is 0 Å². The number of nitro benzene ring substituents is 1. The van der Waals surface area contributed by atoms with E-state index in [-0.39, 0.29) is 22.2 Å². The van der Waals surface area contributed by atoms with Crippen LogP contribution in [0.1, 0.15) is 23.2 Å². The van der Waals surface area contributed by atoms with Gasteiger partial charge in [-0.2, -0.15) is 0 Å². The topological polar surface area (TPSA) is 101 Å². The summed E-state index contributed by atoms with van der Waals surface area (Å²) in [6, 6.07) is 3.82.